The summed E-state index contributed by atoms with van der Waals surface area (Å²) in [5.41, 5.74) is 2.22. The van der Waals surface area contributed by atoms with E-state index >= 15 is 0 Å². The fourth-order valence-corrected chi connectivity index (χ4v) is 4.51. The smallest absolute Gasteiger partial charge is 0.273 e. The predicted molar refractivity (Wildman–Crippen MR) is 103 cm³/mol. The molecule has 2 saturated heterocycles. The molecule has 0 aromatic carbocycles. The van der Waals surface area contributed by atoms with Crippen molar-refractivity contribution in [2.45, 2.75) is 31.7 Å². The van der Waals surface area contributed by atoms with Gasteiger partial charge >= 0.3 is 0 Å². The number of rotatable bonds is 6. The first-order valence-electron chi connectivity index (χ1n) is 10.0. The zero-order valence-corrected chi connectivity index (χ0v) is 16.5. The molecule has 148 valence electrons. The minimum atomic E-state index is -0.00653. The lowest BCUT2D eigenvalue weighted by Gasteiger charge is -2.40. The minimum Gasteiger partial charge on any atom is -0.379 e. The Labute approximate surface area is 164 Å². The number of ether oxygens (including phenoxy) is 1. The maximum atomic E-state index is 13.0. The summed E-state index contributed by atoms with van der Waals surface area (Å²) in [6.07, 6.45) is 3.94. The lowest BCUT2D eigenvalue weighted by Crippen LogP contribution is -2.54. The van der Waals surface area contributed by atoms with Gasteiger partial charge in [-0.1, -0.05) is 0 Å². The molecule has 8 heteroatoms. The van der Waals surface area contributed by atoms with Gasteiger partial charge in [0.1, 0.15) is 5.69 Å². The molecule has 4 rings (SSSR count). The molecule has 3 aliphatic rings. The Balaban J connectivity index is 1.40. The maximum Gasteiger partial charge on any atom is 0.273 e. The number of carbonyl (C=O) groups is 2. The van der Waals surface area contributed by atoms with Crippen LogP contribution < -0.4 is 0 Å². The second-order valence-electron chi connectivity index (χ2n) is 7.68. The number of aromatic nitrogens is 1. The van der Waals surface area contributed by atoms with Gasteiger partial charge in [-0.05, 0) is 25.7 Å². The molecule has 2 amide bonds. The van der Waals surface area contributed by atoms with Crippen LogP contribution in [0.15, 0.2) is 10.9 Å². The Morgan fingerprint density at radius 1 is 1.22 bits per heavy atom. The first-order chi connectivity index (χ1) is 13.2. The first-order valence-corrected chi connectivity index (χ1v) is 10.9. The molecule has 3 fully saturated rings. The summed E-state index contributed by atoms with van der Waals surface area (Å²) in [6, 6.07) is 0.121. The Morgan fingerprint density at radius 2 is 2.04 bits per heavy atom. The highest BCUT2D eigenvalue weighted by Crippen LogP contribution is 2.32. The quantitative estimate of drug-likeness (QED) is 0.731. The van der Waals surface area contributed by atoms with Crippen LogP contribution in [0.3, 0.4) is 0 Å². The van der Waals surface area contributed by atoms with Gasteiger partial charge in [0.05, 0.1) is 18.7 Å². The molecule has 27 heavy (non-hydrogen) atoms. The second kappa shape index (κ2) is 8.67. The van der Waals surface area contributed by atoms with E-state index in [1.54, 1.807) is 10.9 Å². The van der Waals surface area contributed by atoms with Gasteiger partial charge in [-0.3, -0.25) is 14.5 Å². The monoisotopic (exact) mass is 392 g/mol. The second-order valence-corrected chi connectivity index (χ2v) is 8.40. The topological polar surface area (TPSA) is 66.0 Å². The molecule has 1 aromatic heterocycles. The number of amides is 2. The number of likely N-dealkylation sites (tertiary alicyclic amines) is 1. The zero-order chi connectivity index (χ0) is 18.6. The first kappa shape index (κ1) is 18.8. The van der Waals surface area contributed by atoms with Crippen molar-refractivity contribution in [2.75, 3.05) is 52.5 Å². The van der Waals surface area contributed by atoms with E-state index in [4.69, 9.17) is 4.74 Å². The molecule has 1 unspecified atom stereocenters. The van der Waals surface area contributed by atoms with E-state index < -0.39 is 0 Å². The molecular formula is C19H28N4O3S. The molecule has 1 saturated carbocycles. The molecule has 2 aliphatic heterocycles. The van der Waals surface area contributed by atoms with Crippen LogP contribution in [0, 0.1) is 5.92 Å². The fourth-order valence-electron chi connectivity index (χ4n) is 3.99. The number of carbonyl (C=O) groups excluding carboxylic acids is 2. The Morgan fingerprint density at radius 3 is 2.74 bits per heavy atom. The average Bonchev–Trinajstić information content (AvgIpc) is 3.42. The van der Waals surface area contributed by atoms with Crippen molar-refractivity contribution in [1.29, 1.82) is 0 Å². The van der Waals surface area contributed by atoms with Crippen LogP contribution in [0.5, 0.6) is 0 Å². The molecular weight excluding hydrogens is 364 g/mol. The SMILES string of the molecule is O=C(c1cscn1)N1CCCC(N(CCN2CCOCC2)C(=O)C2CC2)C1. The van der Waals surface area contributed by atoms with Gasteiger partial charge in [-0.25, -0.2) is 4.98 Å². The number of hydrogen-bond donors (Lipinski definition) is 0. The largest absolute Gasteiger partial charge is 0.379 e. The van der Waals surface area contributed by atoms with E-state index in [2.05, 4.69) is 14.8 Å². The van der Waals surface area contributed by atoms with Crippen LogP contribution in [0.2, 0.25) is 0 Å². The lowest BCUT2D eigenvalue weighted by molar-refractivity contribution is -0.136. The van der Waals surface area contributed by atoms with E-state index in [-0.39, 0.29) is 23.8 Å². The predicted octanol–water partition coefficient (Wildman–Crippen LogP) is 1.32. The van der Waals surface area contributed by atoms with Crippen LogP contribution in [-0.4, -0.2) is 90.0 Å². The Hall–Kier alpha value is -1.51. The normalized spacial score (nSPS) is 24.0. The van der Waals surface area contributed by atoms with Crippen molar-refractivity contribution < 1.29 is 14.3 Å². The highest BCUT2D eigenvalue weighted by molar-refractivity contribution is 7.07. The number of hydrogen-bond acceptors (Lipinski definition) is 6. The van der Waals surface area contributed by atoms with Crippen LogP contribution in [0.1, 0.15) is 36.2 Å². The summed E-state index contributed by atoms with van der Waals surface area (Å²) in [7, 11) is 0. The van der Waals surface area contributed by atoms with E-state index in [0.717, 1.165) is 71.6 Å². The highest BCUT2D eigenvalue weighted by Gasteiger charge is 2.38. The van der Waals surface area contributed by atoms with Crippen LogP contribution in [0.4, 0.5) is 0 Å². The summed E-state index contributed by atoms with van der Waals surface area (Å²) < 4.78 is 5.42. The third-order valence-electron chi connectivity index (χ3n) is 5.75. The van der Waals surface area contributed by atoms with Crippen LogP contribution in [-0.2, 0) is 9.53 Å². The van der Waals surface area contributed by atoms with Gasteiger partial charge in [0.15, 0.2) is 0 Å². The molecule has 0 spiro atoms. The molecule has 1 aliphatic carbocycles. The third-order valence-corrected chi connectivity index (χ3v) is 6.33. The molecule has 0 bridgehead atoms. The molecule has 0 N–H and O–H groups in total. The standard InChI is InChI=1S/C19H28N4O3S/c24-18(15-3-4-15)23(7-6-21-8-10-26-11-9-21)16-2-1-5-22(12-16)19(25)17-13-27-14-20-17/h13-16H,1-12H2. The Kier molecular flexibility index (Phi) is 6.04. The summed E-state index contributed by atoms with van der Waals surface area (Å²) in [5, 5.41) is 1.80. The highest BCUT2D eigenvalue weighted by atomic mass is 32.1. The van der Waals surface area contributed by atoms with Gasteiger partial charge < -0.3 is 14.5 Å². The number of morpholine rings is 1. The van der Waals surface area contributed by atoms with Gasteiger partial charge in [0, 0.05) is 56.6 Å². The zero-order valence-electron chi connectivity index (χ0n) is 15.7. The molecule has 1 atom stereocenters. The third kappa shape index (κ3) is 4.67. The van der Waals surface area contributed by atoms with Crippen molar-refractivity contribution in [2.24, 2.45) is 5.92 Å². The van der Waals surface area contributed by atoms with Crippen molar-refractivity contribution in [3.05, 3.63) is 16.6 Å². The molecule has 1 aromatic rings. The average molecular weight is 393 g/mol. The van der Waals surface area contributed by atoms with E-state index in [1.807, 2.05) is 4.90 Å². The summed E-state index contributed by atoms with van der Waals surface area (Å²) in [6.45, 7) is 6.43. The van der Waals surface area contributed by atoms with Crippen molar-refractivity contribution in [1.82, 2.24) is 19.7 Å². The number of thiazole rings is 1. The maximum absolute atomic E-state index is 13.0. The van der Waals surface area contributed by atoms with Crippen LogP contribution in [0.25, 0.3) is 0 Å². The van der Waals surface area contributed by atoms with E-state index in [9.17, 15) is 9.59 Å². The molecule has 7 nitrogen and oxygen atoms in total. The molecule has 3 heterocycles. The van der Waals surface area contributed by atoms with Gasteiger partial charge in [-0.15, -0.1) is 11.3 Å². The van der Waals surface area contributed by atoms with E-state index in [1.165, 1.54) is 11.3 Å². The summed E-state index contributed by atoms with van der Waals surface area (Å²) >= 11 is 1.44. The number of nitrogens with zero attached hydrogens (tertiary/aromatic N) is 4. The molecule has 0 radical (unpaired) electrons. The fraction of sp³-hybridized carbons (Fsp3) is 0.737. The minimum absolute atomic E-state index is 0.00653. The van der Waals surface area contributed by atoms with Crippen molar-refractivity contribution >= 4 is 23.2 Å². The number of piperidine rings is 1. The van der Waals surface area contributed by atoms with Crippen LogP contribution >= 0.6 is 11.3 Å². The lowest BCUT2D eigenvalue weighted by atomic mass is 10.0. The van der Waals surface area contributed by atoms with Gasteiger partial charge in [-0.2, -0.15) is 0 Å². The van der Waals surface area contributed by atoms with Gasteiger partial charge in [0.25, 0.3) is 5.91 Å². The van der Waals surface area contributed by atoms with E-state index in [0.29, 0.717) is 12.2 Å². The Bertz CT molecular complexity index is 643. The van der Waals surface area contributed by atoms with Gasteiger partial charge in [0.2, 0.25) is 5.91 Å². The van der Waals surface area contributed by atoms with Crippen molar-refractivity contribution in [3.8, 4) is 0 Å². The summed E-state index contributed by atoms with van der Waals surface area (Å²) in [5.74, 6) is 0.489. The summed E-state index contributed by atoms with van der Waals surface area (Å²) in [4.78, 5) is 36.1. The van der Waals surface area contributed by atoms with Crippen molar-refractivity contribution in [3.63, 3.8) is 0 Å².